The highest BCUT2D eigenvalue weighted by Crippen LogP contribution is 2.36. The number of thiazole rings is 1. The van der Waals surface area contributed by atoms with Gasteiger partial charge in [-0.1, -0.05) is 25.1 Å². The van der Waals surface area contributed by atoms with Gasteiger partial charge in [0.1, 0.15) is 35.2 Å². The zero-order valence-electron chi connectivity index (χ0n) is 22.4. The molecule has 0 aliphatic rings. The number of benzene rings is 2. The first kappa shape index (κ1) is 26.0. The number of esters is 1. The van der Waals surface area contributed by atoms with Gasteiger partial charge in [0.25, 0.3) is 5.19 Å². The second-order valence-corrected chi connectivity index (χ2v) is 11.3. The fourth-order valence-electron chi connectivity index (χ4n) is 4.30. The van der Waals surface area contributed by atoms with E-state index in [2.05, 4.69) is 23.1 Å². The van der Waals surface area contributed by atoms with E-state index in [0.717, 1.165) is 60.4 Å². The Balaban J connectivity index is 1.26. The third-order valence-electron chi connectivity index (χ3n) is 6.39. The number of rotatable bonds is 9. The molecule has 2 aromatic carbocycles. The number of ether oxygens (including phenoxy) is 3. The van der Waals surface area contributed by atoms with Crippen LogP contribution in [0.2, 0.25) is 0 Å². The summed E-state index contributed by atoms with van der Waals surface area (Å²) in [4.78, 5) is 22.5. The van der Waals surface area contributed by atoms with Gasteiger partial charge in [-0.2, -0.15) is 0 Å². The number of carbonyl (C=O) groups excluding carboxylic acids is 1. The monoisotopic (exact) mass is 574 g/mol. The normalized spacial score (nSPS) is 11.4. The van der Waals surface area contributed by atoms with Crippen molar-refractivity contribution in [3.8, 4) is 33.0 Å². The number of carbonyl (C=O) groups is 1. The molecule has 11 heteroatoms. The van der Waals surface area contributed by atoms with E-state index in [4.69, 9.17) is 23.6 Å². The summed E-state index contributed by atoms with van der Waals surface area (Å²) in [5.74, 6) is 1.08. The second-order valence-electron chi connectivity index (χ2n) is 9.19. The maximum Gasteiger partial charge on any atom is 0.302 e. The standard InChI is InChI=1S/C29H26N4O5S2/c1-5-18-10-24(21-12-26(38-25(21)11-18)22-13-33-28(31-22)40-29(32-33)35-4)37-15-23-16(2)39-27(30-23)20-8-6-7-19(9-20)14-36-17(3)34/h6-13H,5,14-15H2,1-4H3. The van der Waals surface area contributed by atoms with Crippen LogP contribution in [0.1, 0.15) is 35.5 Å². The van der Waals surface area contributed by atoms with Crippen molar-refractivity contribution in [3.05, 3.63) is 70.4 Å². The number of methoxy groups -OCH3 is 1. The van der Waals surface area contributed by atoms with Crippen LogP contribution in [-0.4, -0.2) is 32.7 Å². The Morgan fingerprint density at radius 1 is 1.07 bits per heavy atom. The number of hydrogen-bond donors (Lipinski definition) is 0. The Labute approximate surface area is 238 Å². The number of aryl methyl sites for hydroxylation is 2. The third-order valence-corrected chi connectivity index (χ3v) is 8.34. The lowest BCUT2D eigenvalue weighted by Crippen LogP contribution is -1.99. The average molecular weight is 575 g/mol. The Hall–Kier alpha value is -4.22. The van der Waals surface area contributed by atoms with Crippen LogP contribution in [-0.2, 0) is 29.2 Å². The third kappa shape index (κ3) is 5.17. The van der Waals surface area contributed by atoms with E-state index in [1.165, 1.54) is 18.3 Å². The summed E-state index contributed by atoms with van der Waals surface area (Å²) in [6.45, 7) is 6.11. The van der Waals surface area contributed by atoms with Gasteiger partial charge in [0.2, 0.25) is 4.96 Å². The van der Waals surface area contributed by atoms with Crippen molar-refractivity contribution in [2.45, 2.75) is 40.4 Å². The van der Waals surface area contributed by atoms with E-state index in [-0.39, 0.29) is 12.6 Å². The fraction of sp³-hybridized carbons (Fsp3) is 0.241. The van der Waals surface area contributed by atoms with E-state index in [9.17, 15) is 4.79 Å². The average Bonchev–Trinajstić information content (AvgIpc) is 3.72. The van der Waals surface area contributed by atoms with Gasteiger partial charge in [-0.05, 0) is 60.1 Å². The maximum absolute atomic E-state index is 11.2. The van der Waals surface area contributed by atoms with Crippen LogP contribution in [0.3, 0.4) is 0 Å². The van der Waals surface area contributed by atoms with Gasteiger partial charge >= 0.3 is 5.97 Å². The second kappa shape index (κ2) is 10.7. The summed E-state index contributed by atoms with van der Waals surface area (Å²) in [6, 6.07) is 13.9. The molecule has 204 valence electrons. The molecule has 0 N–H and O–H groups in total. The van der Waals surface area contributed by atoms with Crippen molar-refractivity contribution < 1.29 is 23.4 Å². The predicted molar refractivity (Wildman–Crippen MR) is 154 cm³/mol. The van der Waals surface area contributed by atoms with Crippen LogP contribution >= 0.6 is 22.7 Å². The molecule has 40 heavy (non-hydrogen) atoms. The van der Waals surface area contributed by atoms with Crippen molar-refractivity contribution in [2.24, 2.45) is 0 Å². The van der Waals surface area contributed by atoms with Gasteiger partial charge in [0.05, 0.1) is 24.4 Å². The summed E-state index contributed by atoms with van der Waals surface area (Å²) in [6.07, 6.45) is 2.67. The number of aromatic nitrogens is 4. The van der Waals surface area contributed by atoms with Gasteiger partial charge in [0.15, 0.2) is 5.76 Å². The Morgan fingerprint density at radius 3 is 2.73 bits per heavy atom. The Bertz CT molecular complexity index is 1820. The summed E-state index contributed by atoms with van der Waals surface area (Å²) in [5.41, 5.74) is 5.31. The molecule has 0 unspecified atom stereocenters. The smallest absolute Gasteiger partial charge is 0.302 e. The van der Waals surface area contributed by atoms with Crippen molar-refractivity contribution >= 4 is 44.6 Å². The quantitative estimate of drug-likeness (QED) is 0.173. The molecular formula is C29H26N4O5S2. The fourth-order valence-corrected chi connectivity index (χ4v) is 5.92. The lowest BCUT2D eigenvalue weighted by Gasteiger charge is -2.08. The van der Waals surface area contributed by atoms with Crippen LogP contribution in [0.25, 0.3) is 38.0 Å². The number of hydrogen-bond acceptors (Lipinski definition) is 10. The van der Waals surface area contributed by atoms with Crippen LogP contribution in [0.15, 0.2) is 53.1 Å². The van der Waals surface area contributed by atoms with Crippen molar-refractivity contribution in [2.75, 3.05) is 7.11 Å². The lowest BCUT2D eigenvalue weighted by atomic mass is 10.1. The van der Waals surface area contributed by atoms with Gasteiger partial charge < -0.3 is 18.6 Å². The summed E-state index contributed by atoms with van der Waals surface area (Å²) in [5, 5.41) is 6.67. The zero-order valence-corrected chi connectivity index (χ0v) is 24.0. The summed E-state index contributed by atoms with van der Waals surface area (Å²) in [7, 11) is 1.59. The molecule has 4 aromatic heterocycles. The number of nitrogens with zero attached hydrogens (tertiary/aromatic N) is 4. The molecule has 0 aliphatic carbocycles. The molecule has 6 rings (SSSR count). The van der Waals surface area contributed by atoms with E-state index in [0.29, 0.717) is 23.3 Å². The largest absolute Gasteiger partial charge is 0.486 e. The highest BCUT2D eigenvalue weighted by Gasteiger charge is 2.18. The van der Waals surface area contributed by atoms with Crippen LogP contribution in [0, 0.1) is 6.92 Å². The predicted octanol–water partition coefficient (Wildman–Crippen LogP) is 6.85. The Kier molecular flexibility index (Phi) is 6.99. The molecule has 0 spiro atoms. The molecule has 0 atom stereocenters. The van der Waals surface area contributed by atoms with Crippen molar-refractivity contribution in [3.63, 3.8) is 0 Å². The molecule has 0 saturated heterocycles. The lowest BCUT2D eigenvalue weighted by molar-refractivity contribution is -0.142. The molecule has 0 amide bonds. The van der Waals surface area contributed by atoms with Crippen LogP contribution in [0.4, 0.5) is 0 Å². The number of fused-ring (bicyclic) bond motifs is 2. The van der Waals surface area contributed by atoms with E-state index in [1.54, 1.807) is 23.0 Å². The first-order valence-corrected chi connectivity index (χ1v) is 14.3. The molecule has 0 aliphatic heterocycles. The first-order chi connectivity index (χ1) is 19.4. The molecule has 0 saturated carbocycles. The SMILES string of the molecule is CCc1cc(OCc2nc(-c3cccc(COC(C)=O)c3)sc2C)c2cc(-c3cn4nc(OC)sc4n3)oc2c1. The van der Waals surface area contributed by atoms with Gasteiger partial charge in [-0.3, -0.25) is 4.79 Å². The molecule has 4 heterocycles. The summed E-state index contributed by atoms with van der Waals surface area (Å²) < 4.78 is 24.6. The highest BCUT2D eigenvalue weighted by atomic mass is 32.1. The molecule has 0 bridgehead atoms. The highest BCUT2D eigenvalue weighted by molar-refractivity contribution is 7.18. The zero-order chi connectivity index (χ0) is 27.8. The van der Waals surface area contributed by atoms with E-state index >= 15 is 0 Å². The molecular weight excluding hydrogens is 548 g/mol. The summed E-state index contributed by atoms with van der Waals surface area (Å²) >= 11 is 2.98. The number of furan rings is 1. The maximum atomic E-state index is 11.2. The van der Waals surface area contributed by atoms with E-state index < -0.39 is 0 Å². The molecule has 6 aromatic rings. The van der Waals surface area contributed by atoms with Gasteiger partial charge in [0, 0.05) is 17.4 Å². The van der Waals surface area contributed by atoms with Gasteiger partial charge in [-0.25, -0.2) is 14.5 Å². The molecule has 9 nitrogen and oxygen atoms in total. The van der Waals surface area contributed by atoms with E-state index in [1.807, 2.05) is 49.5 Å². The topological polar surface area (TPSA) is 101 Å². The minimum atomic E-state index is -0.302. The Morgan fingerprint density at radius 2 is 1.95 bits per heavy atom. The van der Waals surface area contributed by atoms with Gasteiger partial charge in [-0.15, -0.1) is 16.4 Å². The minimum absolute atomic E-state index is 0.238. The first-order valence-electron chi connectivity index (χ1n) is 12.7. The van der Waals surface area contributed by atoms with Crippen molar-refractivity contribution in [1.82, 2.24) is 19.6 Å². The minimum Gasteiger partial charge on any atom is -0.486 e. The number of imidazole rings is 1. The molecule has 0 fully saturated rings. The van der Waals surface area contributed by atoms with Crippen molar-refractivity contribution in [1.29, 1.82) is 0 Å². The van der Waals surface area contributed by atoms with Crippen LogP contribution in [0.5, 0.6) is 10.9 Å². The van der Waals surface area contributed by atoms with Crippen LogP contribution < -0.4 is 9.47 Å². The molecule has 0 radical (unpaired) electrons.